The molecule has 0 aromatic carbocycles. The second-order valence-corrected chi connectivity index (χ2v) is 4.75. The first-order valence-electron chi connectivity index (χ1n) is 5.09. The van der Waals surface area contributed by atoms with Crippen LogP contribution in [0.4, 0.5) is 5.82 Å². The van der Waals surface area contributed by atoms with E-state index in [0.29, 0.717) is 5.92 Å². The topological polar surface area (TPSA) is 47.0 Å². The van der Waals surface area contributed by atoms with Gasteiger partial charge in [-0.15, -0.1) is 0 Å². The summed E-state index contributed by atoms with van der Waals surface area (Å²) < 4.78 is 6.49. The Kier molecular flexibility index (Phi) is 3.74. The maximum atomic E-state index is 5.44. The molecule has 1 aliphatic rings. The molecule has 1 fully saturated rings. The molecule has 82 valence electrons. The number of rotatable bonds is 2. The fourth-order valence-electron chi connectivity index (χ4n) is 1.70. The van der Waals surface area contributed by atoms with E-state index in [9.17, 15) is 0 Å². The van der Waals surface area contributed by atoms with Crippen molar-refractivity contribution in [1.29, 1.82) is 0 Å². The number of anilines is 1. The van der Waals surface area contributed by atoms with E-state index >= 15 is 0 Å². The van der Waals surface area contributed by atoms with Gasteiger partial charge in [0, 0.05) is 25.8 Å². The molecule has 0 amide bonds. The predicted molar refractivity (Wildman–Crippen MR) is 67.1 cm³/mol. The van der Waals surface area contributed by atoms with E-state index in [1.807, 2.05) is 13.2 Å². The van der Waals surface area contributed by atoms with Crippen LogP contribution in [-0.4, -0.2) is 30.2 Å². The van der Waals surface area contributed by atoms with Gasteiger partial charge in [-0.25, -0.2) is 9.97 Å². The number of halogens is 1. The highest BCUT2D eigenvalue weighted by molar-refractivity contribution is 14.1. The molecule has 0 aliphatic carbocycles. The first-order chi connectivity index (χ1) is 7.31. The van der Waals surface area contributed by atoms with Crippen LogP contribution >= 0.6 is 22.6 Å². The molecule has 5 heteroatoms. The fourth-order valence-corrected chi connectivity index (χ4v) is 2.23. The third-order valence-corrected chi connectivity index (χ3v) is 3.31. The van der Waals surface area contributed by atoms with Crippen LogP contribution in [0.25, 0.3) is 0 Å². The third-order valence-electron chi connectivity index (χ3n) is 2.52. The summed E-state index contributed by atoms with van der Waals surface area (Å²) in [6.07, 6.45) is 4.10. The lowest BCUT2D eigenvalue weighted by atomic mass is 10.0. The highest BCUT2D eigenvalue weighted by Crippen LogP contribution is 2.24. The molecule has 1 N–H and O–H groups in total. The van der Waals surface area contributed by atoms with Gasteiger partial charge in [-0.1, -0.05) is 0 Å². The van der Waals surface area contributed by atoms with Crippen LogP contribution in [0.3, 0.4) is 0 Å². The number of hydrogen-bond acceptors (Lipinski definition) is 4. The average Bonchev–Trinajstić information content (AvgIpc) is 2.31. The zero-order valence-corrected chi connectivity index (χ0v) is 10.8. The van der Waals surface area contributed by atoms with Crippen molar-refractivity contribution < 1.29 is 4.74 Å². The lowest BCUT2D eigenvalue weighted by Crippen LogP contribution is -2.18. The van der Waals surface area contributed by atoms with Crippen LogP contribution < -0.4 is 5.32 Å². The average molecular weight is 319 g/mol. The lowest BCUT2D eigenvalue weighted by molar-refractivity contribution is 0.0781. The van der Waals surface area contributed by atoms with Gasteiger partial charge in [0.05, 0.1) is 10.2 Å². The van der Waals surface area contributed by atoms with E-state index in [2.05, 4.69) is 37.9 Å². The van der Waals surface area contributed by atoms with Crippen molar-refractivity contribution in [3.05, 3.63) is 15.6 Å². The van der Waals surface area contributed by atoms with Crippen LogP contribution in [0.5, 0.6) is 0 Å². The number of hydrogen-bond donors (Lipinski definition) is 1. The van der Waals surface area contributed by atoms with Gasteiger partial charge in [0.25, 0.3) is 0 Å². The summed E-state index contributed by atoms with van der Waals surface area (Å²) in [6, 6.07) is 0. The fraction of sp³-hybridized carbons (Fsp3) is 0.600. The van der Waals surface area contributed by atoms with Crippen molar-refractivity contribution in [2.75, 3.05) is 25.6 Å². The number of ether oxygens (including phenoxy) is 1. The predicted octanol–water partition coefficient (Wildman–Crippen LogP) is 2.02. The van der Waals surface area contributed by atoms with E-state index in [4.69, 9.17) is 4.74 Å². The molecule has 0 saturated carbocycles. The van der Waals surface area contributed by atoms with Crippen molar-refractivity contribution in [1.82, 2.24) is 9.97 Å². The molecule has 1 unspecified atom stereocenters. The van der Waals surface area contributed by atoms with Gasteiger partial charge in [0.1, 0.15) is 11.6 Å². The molecule has 1 saturated heterocycles. The van der Waals surface area contributed by atoms with Crippen LogP contribution in [0.2, 0.25) is 0 Å². The first-order valence-corrected chi connectivity index (χ1v) is 6.17. The Balaban J connectivity index is 2.20. The molecule has 15 heavy (non-hydrogen) atoms. The van der Waals surface area contributed by atoms with Crippen molar-refractivity contribution in [2.24, 2.45) is 0 Å². The molecule has 1 aliphatic heterocycles. The molecule has 2 rings (SSSR count). The van der Waals surface area contributed by atoms with E-state index in [1.165, 1.54) is 0 Å². The molecular weight excluding hydrogens is 305 g/mol. The Hall–Kier alpha value is -0.430. The van der Waals surface area contributed by atoms with Gasteiger partial charge < -0.3 is 10.1 Å². The minimum absolute atomic E-state index is 0.364. The maximum absolute atomic E-state index is 5.44. The van der Waals surface area contributed by atoms with Gasteiger partial charge in [-0.2, -0.15) is 0 Å². The van der Waals surface area contributed by atoms with Crippen LogP contribution in [0, 0.1) is 3.57 Å². The summed E-state index contributed by atoms with van der Waals surface area (Å²) in [7, 11) is 1.88. The summed E-state index contributed by atoms with van der Waals surface area (Å²) in [4.78, 5) is 8.88. The van der Waals surface area contributed by atoms with Gasteiger partial charge in [-0.3, -0.25) is 0 Å². The minimum Gasteiger partial charge on any atom is -0.381 e. The molecule has 4 nitrogen and oxygen atoms in total. The first kappa shape index (κ1) is 11.1. The van der Waals surface area contributed by atoms with E-state index in [-0.39, 0.29) is 0 Å². The molecule has 0 bridgehead atoms. The van der Waals surface area contributed by atoms with Crippen molar-refractivity contribution in [2.45, 2.75) is 18.8 Å². The second kappa shape index (κ2) is 5.07. The summed E-state index contributed by atoms with van der Waals surface area (Å²) >= 11 is 2.23. The summed E-state index contributed by atoms with van der Waals surface area (Å²) in [5.41, 5.74) is 0. The second-order valence-electron chi connectivity index (χ2n) is 3.59. The molecule has 1 atom stereocenters. The van der Waals surface area contributed by atoms with Crippen LogP contribution in [0.1, 0.15) is 24.6 Å². The third kappa shape index (κ3) is 2.57. The summed E-state index contributed by atoms with van der Waals surface area (Å²) in [5.74, 6) is 2.17. The minimum atomic E-state index is 0.364. The Morgan fingerprint density at radius 2 is 2.47 bits per heavy atom. The Bertz CT molecular complexity index is 339. The zero-order chi connectivity index (χ0) is 10.7. The zero-order valence-electron chi connectivity index (χ0n) is 8.66. The van der Waals surface area contributed by atoms with Crippen molar-refractivity contribution in [3.63, 3.8) is 0 Å². The van der Waals surface area contributed by atoms with Crippen LogP contribution in [-0.2, 0) is 4.74 Å². The largest absolute Gasteiger partial charge is 0.381 e. The van der Waals surface area contributed by atoms with Crippen molar-refractivity contribution in [3.8, 4) is 0 Å². The standard InChI is InChI=1S/C10H14IN3O/c1-12-10-8(11)5-13-9(14-10)7-3-2-4-15-6-7/h5,7H,2-4,6H2,1H3,(H,12,13,14). The van der Waals surface area contributed by atoms with Crippen LogP contribution in [0.15, 0.2) is 6.20 Å². The Morgan fingerprint density at radius 1 is 1.60 bits per heavy atom. The molecule has 0 spiro atoms. The molecule has 2 heterocycles. The molecule has 0 radical (unpaired) electrons. The SMILES string of the molecule is CNc1nc(C2CCCOC2)ncc1I. The molecule has 1 aromatic heterocycles. The van der Waals surface area contributed by atoms with Gasteiger partial charge in [0.2, 0.25) is 0 Å². The Morgan fingerprint density at radius 3 is 3.13 bits per heavy atom. The smallest absolute Gasteiger partial charge is 0.142 e. The monoisotopic (exact) mass is 319 g/mol. The summed E-state index contributed by atoms with van der Waals surface area (Å²) in [6.45, 7) is 1.63. The quantitative estimate of drug-likeness (QED) is 0.847. The number of nitrogens with one attached hydrogen (secondary N) is 1. The summed E-state index contributed by atoms with van der Waals surface area (Å²) in [5, 5.41) is 3.08. The van der Waals surface area contributed by atoms with Gasteiger partial charge in [0.15, 0.2) is 0 Å². The van der Waals surface area contributed by atoms with E-state index < -0.39 is 0 Å². The molecule has 1 aromatic rings. The number of aromatic nitrogens is 2. The maximum Gasteiger partial charge on any atom is 0.142 e. The van der Waals surface area contributed by atoms with E-state index in [1.54, 1.807) is 0 Å². The lowest BCUT2D eigenvalue weighted by Gasteiger charge is -2.21. The normalized spacial score (nSPS) is 21.3. The van der Waals surface area contributed by atoms with E-state index in [0.717, 1.165) is 41.3 Å². The molecular formula is C10H14IN3O. The van der Waals surface area contributed by atoms with Gasteiger partial charge in [-0.05, 0) is 35.4 Å². The highest BCUT2D eigenvalue weighted by atomic mass is 127. The van der Waals surface area contributed by atoms with Gasteiger partial charge >= 0.3 is 0 Å². The highest BCUT2D eigenvalue weighted by Gasteiger charge is 2.19. The van der Waals surface area contributed by atoms with Crippen molar-refractivity contribution >= 4 is 28.4 Å². The number of nitrogens with zero attached hydrogens (tertiary/aromatic N) is 2. The Labute approximate surface area is 103 Å².